The topological polar surface area (TPSA) is 46.5 Å². The van der Waals surface area contributed by atoms with Crippen LogP contribution in [0, 0.1) is 17.8 Å². The molecule has 1 aliphatic heterocycles. The number of carbonyl (C=O) groups is 1. The van der Waals surface area contributed by atoms with Crippen LogP contribution in [-0.4, -0.2) is 23.8 Å². The van der Waals surface area contributed by atoms with Crippen LogP contribution in [0.15, 0.2) is 11.6 Å². The van der Waals surface area contributed by atoms with E-state index in [1.54, 1.807) is 0 Å². The van der Waals surface area contributed by atoms with Crippen LogP contribution in [0.1, 0.15) is 33.1 Å². The van der Waals surface area contributed by atoms with Crippen LogP contribution in [0.4, 0.5) is 0 Å². The predicted octanol–water partition coefficient (Wildman–Crippen LogP) is 2.47. The van der Waals surface area contributed by atoms with Crippen molar-refractivity contribution in [1.82, 2.24) is 0 Å². The minimum atomic E-state index is -0.692. The van der Waals surface area contributed by atoms with Gasteiger partial charge in [-0.1, -0.05) is 18.6 Å². The summed E-state index contributed by atoms with van der Waals surface area (Å²) >= 11 is 0. The molecule has 1 fully saturated rings. The first kappa shape index (κ1) is 11.6. The highest BCUT2D eigenvalue weighted by molar-refractivity contribution is 5.71. The van der Waals surface area contributed by atoms with Crippen molar-refractivity contribution in [3.05, 3.63) is 11.6 Å². The Morgan fingerprint density at radius 3 is 2.94 bits per heavy atom. The van der Waals surface area contributed by atoms with Crippen LogP contribution < -0.4 is 0 Å². The molecule has 0 aromatic heterocycles. The quantitative estimate of drug-likeness (QED) is 0.733. The van der Waals surface area contributed by atoms with E-state index in [0.717, 1.165) is 12.8 Å². The molecule has 0 radical (unpaired) electrons. The molecule has 90 valence electrons. The van der Waals surface area contributed by atoms with E-state index in [-0.39, 0.29) is 12.0 Å². The second-order valence-corrected chi connectivity index (χ2v) is 5.26. The number of ether oxygens (including phenoxy) is 1. The summed E-state index contributed by atoms with van der Waals surface area (Å²) in [7, 11) is 0. The molecular formula is C13H20O3. The maximum Gasteiger partial charge on any atom is 0.309 e. The van der Waals surface area contributed by atoms with E-state index in [9.17, 15) is 4.79 Å². The van der Waals surface area contributed by atoms with Crippen LogP contribution in [0.25, 0.3) is 0 Å². The highest BCUT2D eigenvalue weighted by atomic mass is 16.5. The zero-order chi connectivity index (χ0) is 11.7. The van der Waals surface area contributed by atoms with Crippen LogP contribution in [0.3, 0.4) is 0 Å². The fourth-order valence-corrected chi connectivity index (χ4v) is 3.19. The van der Waals surface area contributed by atoms with Gasteiger partial charge in [0.2, 0.25) is 0 Å². The van der Waals surface area contributed by atoms with Gasteiger partial charge in [-0.3, -0.25) is 4.79 Å². The third-order valence-corrected chi connectivity index (χ3v) is 3.75. The minimum absolute atomic E-state index is 0.0661. The van der Waals surface area contributed by atoms with Gasteiger partial charge in [0, 0.05) is 6.61 Å². The Bertz CT molecular complexity index is 308. The van der Waals surface area contributed by atoms with E-state index in [4.69, 9.17) is 9.84 Å². The standard InChI is InChI=1S/C13H20O3/c1-8-5-9(2)7-10(6-8)12-11(13(14)15)3-4-16-12/h5,8,10-12H,3-4,6-7H2,1-2H3,(H,14,15). The van der Waals surface area contributed by atoms with Crippen molar-refractivity contribution < 1.29 is 14.6 Å². The summed E-state index contributed by atoms with van der Waals surface area (Å²) in [4.78, 5) is 11.1. The van der Waals surface area contributed by atoms with Crippen molar-refractivity contribution in [3.63, 3.8) is 0 Å². The molecule has 0 bridgehead atoms. The number of allylic oxidation sites excluding steroid dienone is 2. The zero-order valence-corrected chi connectivity index (χ0v) is 9.98. The van der Waals surface area contributed by atoms with E-state index in [1.165, 1.54) is 5.57 Å². The fraction of sp³-hybridized carbons (Fsp3) is 0.769. The first-order valence-electron chi connectivity index (χ1n) is 6.09. The molecule has 3 nitrogen and oxygen atoms in total. The lowest BCUT2D eigenvalue weighted by atomic mass is 9.77. The van der Waals surface area contributed by atoms with Crippen molar-refractivity contribution >= 4 is 5.97 Å². The van der Waals surface area contributed by atoms with Crippen molar-refractivity contribution in [1.29, 1.82) is 0 Å². The van der Waals surface area contributed by atoms with Crippen LogP contribution in [0.2, 0.25) is 0 Å². The zero-order valence-electron chi connectivity index (χ0n) is 9.98. The van der Waals surface area contributed by atoms with Gasteiger partial charge in [-0.05, 0) is 38.0 Å². The molecule has 1 aliphatic carbocycles. The van der Waals surface area contributed by atoms with E-state index < -0.39 is 5.97 Å². The number of carboxylic acids is 1. The SMILES string of the molecule is CC1=CC(C)CC(C2OCCC2C(=O)O)C1. The molecule has 4 unspecified atom stereocenters. The first-order chi connectivity index (χ1) is 7.58. The molecule has 2 rings (SSSR count). The van der Waals surface area contributed by atoms with Gasteiger partial charge in [0.25, 0.3) is 0 Å². The molecule has 0 amide bonds. The Hall–Kier alpha value is -0.830. The van der Waals surface area contributed by atoms with Gasteiger partial charge in [0.05, 0.1) is 12.0 Å². The smallest absolute Gasteiger partial charge is 0.309 e. The Labute approximate surface area is 96.5 Å². The monoisotopic (exact) mass is 224 g/mol. The van der Waals surface area contributed by atoms with E-state index in [1.807, 2.05) is 0 Å². The minimum Gasteiger partial charge on any atom is -0.481 e. The van der Waals surface area contributed by atoms with Crippen molar-refractivity contribution in [2.45, 2.75) is 39.2 Å². The van der Waals surface area contributed by atoms with E-state index >= 15 is 0 Å². The highest BCUT2D eigenvalue weighted by Crippen LogP contribution is 2.37. The maximum atomic E-state index is 11.1. The third-order valence-electron chi connectivity index (χ3n) is 3.75. The average molecular weight is 224 g/mol. The molecule has 3 heteroatoms. The summed E-state index contributed by atoms with van der Waals surface area (Å²) in [6, 6.07) is 0. The fourth-order valence-electron chi connectivity index (χ4n) is 3.19. The Morgan fingerprint density at radius 1 is 1.56 bits per heavy atom. The first-order valence-corrected chi connectivity index (χ1v) is 6.09. The van der Waals surface area contributed by atoms with Gasteiger partial charge >= 0.3 is 5.97 Å². The van der Waals surface area contributed by atoms with Crippen molar-refractivity contribution in [2.24, 2.45) is 17.8 Å². The van der Waals surface area contributed by atoms with Crippen LogP contribution in [0.5, 0.6) is 0 Å². The van der Waals surface area contributed by atoms with Crippen LogP contribution >= 0.6 is 0 Å². The second-order valence-electron chi connectivity index (χ2n) is 5.26. The maximum absolute atomic E-state index is 11.1. The molecule has 16 heavy (non-hydrogen) atoms. The molecule has 1 N–H and O–H groups in total. The molecule has 0 saturated carbocycles. The Balaban J connectivity index is 2.07. The average Bonchev–Trinajstić information content (AvgIpc) is 2.63. The lowest BCUT2D eigenvalue weighted by molar-refractivity contribution is -0.144. The lowest BCUT2D eigenvalue weighted by Gasteiger charge is -2.31. The second kappa shape index (κ2) is 4.58. The molecule has 0 aromatic carbocycles. The summed E-state index contributed by atoms with van der Waals surface area (Å²) < 4.78 is 5.65. The van der Waals surface area contributed by atoms with Gasteiger partial charge in [0.1, 0.15) is 0 Å². The van der Waals surface area contributed by atoms with E-state index in [2.05, 4.69) is 19.9 Å². The summed E-state index contributed by atoms with van der Waals surface area (Å²) in [5, 5.41) is 9.15. The van der Waals surface area contributed by atoms with Gasteiger partial charge in [-0.15, -0.1) is 0 Å². The summed E-state index contributed by atoms with van der Waals surface area (Å²) in [5.74, 6) is -0.0357. The number of rotatable bonds is 2. The molecule has 0 spiro atoms. The molecule has 1 heterocycles. The number of hydrogen-bond acceptors (Lipinski definition) is 2. The van der Waals surface area contributed by atoms with Crippen molar-refractivity contribution in [2.75, 3.05) is 6.61 Å². The predicted molar refractivity (Wildman–Crippen MR) is 61.1 cm³/mol. The van der Waals surface area contributed by atoms with Gasteiger partial charge in [0.15, 0.2) is 0 Å². The Morgan fingerprint density at radius 2 is 2.31 bits per heavy atom. The summed E-state index contributed by atoms with van der Waals surface area (Å²) in [5.41, 5.74) is 1.38. The number of hydrogen-bond donors (Lipinski definition) is 1. The number of carboxylic acid groups (broad SMARTS) is 1. The third kappa shape index (κ3) is 2.29. The van der Waals surface area contributed by atoms with Gasteiger partial charge in [-0.25, -0.2) is 0 Å². The normalized spacial score (nSPS) is 39.5. The lowest BCUT2D eigenvalue weighted by Crippen LogP contribution is -2.33. The van der Waals surface area contributed by atoms with Crippen LogP contribution in [-0.2, 0) is 9.53 Å². The molecule has 0 aromatic rings. The summed E-state index contributed by atoms with van der Waals surface area (Å²) in [6.07, 6.45) is 4.96. The van der Waals surface area contributed by atoms with Gasteiger partial charge < -0.3 is 9.84 Å². The van der Waals surface area contributed by atoms with Gasteiger partial charge in [-0.2, -0.15) is 0 Å². The van der Waals surface area contributed by atoms with E-state index in [0.29, 0.717) is 24.9 Å². The molecular weight excluding hydrogens is 204 g/mol. The molecule has 2 aliphatic rings. The molecule has 4 atom stereocenters. The largest absolute Gasteiger partial charge is 0.481 e. The Kier molecular flexibility index (Phi) is 3.33. The van der Waals surface area contributed by atoms with Crippen molar-refractivity contribution in [3.8, 4) is 0 Å². The summed E-state index contributed by atoms with van der Waals surface area (Å²) in [6.45, 7) is 4.93. The highest BCUT2D eigenvalue weighted by Gasteiger charge is 2.40. The number of aliphatic carboxylic acids is 1. The molecule has 1 saturated heterocycles.